The van der Waals surface area contributed by atoms with Crippen molar-refractivity contribution >= 4 is 5.95 Å². The average Bonchev–Trinajstić information content (AvgIpc) is 3.26. The van der Waals surface area contributed by atoms with Crippen LogP contribution in [-0.4, -0.2) is 36.1 Å². The van der Waals surface area contributed by atoms with E-state index in [1.807, 2.05) is 12.3 Å². The Hall–Kier alpha value is -2.92. The molecule has 5 nitrogen and oxygen atoms in total. The van der Waals surface area contributed by atoms with E-state index in [2.05, 4.69) is 70.7 Å². The molecule has 2 aromatic carbocycles. The number of hydrogen-bond donors (Lipinski definition) is 1. The fourth-order valence-electron chi connectivity index (χ4n) is 5.66. The number of hydrogen-bond acceptors (Lipinski definition) is 5. The number of nitrogens with zero attached hydrogens (tertiary/aromatic N) is 3. The van der Waals surface area contributed by atoms with E-state index >= 15 is 0 Å². The molecule has 2 aliphatic heterocycles. The molecule has 0 atom stereocenters. The smallest absolute Gasteiger partial charge is 0.225 e. The lowest BCUT2D eigenvalue weighted by molar-refractivity contribution is 0.199. The lowest BCUT2D eigenvalue weighted by Gasteiger charge is -2.43. The summed E-state index contributed by atoms with van der Waals surface area (Å²) in [5, 5.41) is 3.41. The van der Waals surface area contributed by atoms with Gasteiger partial charge in [0.25, 0.3) is 0 Å². The van der Waals surface area contributed by atoms with E-state index in [0.717, 1.165) is 43.6 Å². The Balaban J connectivity index is 1.12. The minimum Gasteiger partial charge on any atom is -0.487 e. The van der Waals surface area contributed by atoms with Crippen LogP contribution in [0.2, 0.25) is 0 Å². The van der Waals surface area contributed by atoms with Crippen LogP contribution < -0.4 is 15.0 Å². The molecule has 0 amide bonds. The van der Waals surface area contributed by atoms with Crippen LogP contribution in [0.25, 0.3) is 0 Å². The van der Waals surface area contributed by atoms with Crippen molar-refractivity contribution in [3.8, 4) is 5.75 Å². The number of benzene rings is 2. The molecule has 0 unspecified atom stereocenters. The van der Waals surface area contributed by atoms with Crippen LogP contribution >= 0.6 is 0 Å². The van der Waals surface area contributed by atoms with Crippen LogP contribution in [0.5, 0.6) is 5.75 Å². The quantitative estimate of drug-likeness (QED) is 0.605. The van der Waals surface area contributed by atoms with Crippen molar-refractivity contribution in [3.05, 3.63) is 83.2 Å². The number of ether oxygens (including phenoxy) is 1. The second-order valence-corrected chi connectivity index (χ2v) is 10.2. The van der Waals surface area contributed by atoms with E-state index in [1.165, 1.54) is 42.4 Å². The second kappa shape index (κ2) is 8.14. The van der Waals surface area contributed by atoms with Crippen molar-refractivity contribution in [2.24, 2.45) is 5.41 Å². The molecule has 1 aliphatic carbocycles. The molecule has 3 fully saturated rings. The summed E-state index contributed by atoms with van der Waals surface area (Å²) in [6.45, 7) is 6.93. The lowest BCUT2D eigenvalue weighted by atomic mass is 9.60. The summed E-state index contributed by atoms with van der Waals surface area (Å²) in [6.07, 6.45) is 6.80. The van der Waals surface area contributed by atoms with Crippen molar-refractivity contribution < 1.29 is 4.74 Å². The highest BCUT2D eigenvalue weighted by molar-refractivity contribution is 5.44. The Morgan fingerprint density at radius 1 is 0.939 bits per heavy atom. The summed E-state index contributed by atoms with van der Waals surface area (Å²) in [5.41, 5.74) is 5.66. The molecule has 33 heavy (non-hydrogen) atoms. The summed E-state index contributed by atoms with van der Waals surface area (Å²) in [7, 11) is 0. The summed E-state index contributed by atoms with van der Waals surface area (Å²) in [4.78, 5) is 11.6. The van der Waals surface area contributed by atoms with E-state index in [1.54, 1.807) is 0 Å². The third-order valence-electron chi connectivity index (χ3n) is 8.03. The number of anilines is 1. The minimum absolute atomic E-state index is 0.164. The molecule has 170 valence electrons. The molecule has 0 bridgehead atoms. The largest absolute Gasteiger partial charge is 0.487 e. The van der Waals surface area contributed by atoms with Gasteiger partial charge in [0.05, 0.1) is 5.69 Å². The third-order valence-corrected chi connectivity index (χ3v) is 8.03. The fourth-order valence-corrected chi connectivity index (χ4v) is 5.66. The summed E-state index contributed by atoms with van der Waals surface area (Å²) < 4.78 is 6.10. The maximum Gasteiger partial charge on any atom is 0.225 e. The van der Waals surface area contributed by atoms with Crippen LogP contribution in [0.3, 0.4) is 0 Å². The Morgan fingerprint density at radius 3 is 2.27 bits per heavy atom. The van der Waals surface area contributed by atoms with Crippen molar-refractivity contribution in [1.82, 2.24) is 15.3 Å². The van der Waals surface area contributed by atoms with Crippen molar-refractivity contribution in [2.45, 2.75) is 44.6 Å². The number of nitrogens with one attached hydrogen (secondary N) is 1. The van der Waals surface area contributed by atoms with E-state index in [9.17, 15) is 0 Å². The van der Waals surface area contributed by atoms with Gasteiger partial charge in [-0.2, -0.15) is 0 Å². The molecular formula is C28H32N4O. The first-order chi connectivity index (χ1) is 16.1. The van der Waals surface area contributed by atoms with Gasteiger partial charge < -0.3 is 15.0 Å². The zero-order chi connectivity index (χ0) is 22.3. The number of aromatic nitrogens is 2. The van der Waals surface area contributed by atoms with Crippen LogP contribution in [0.15, 0.2) is 60.8 Å². The monoisotopic (exact) mass is 440 g/mol. The standard InChI is InChI=1S/C28H32N4O/c1-21-3-5-22(6-4-21)28(12-2-13-28)23-7-9-25(10-8-23)33-17-24-11-15-30-26(31-24)32-16-14-27(20-32)18-29-19-27/h3-11,15,29H,2,12-14,16-20H2,1H3. The highest BCUT2D eigenvalue weighted by Gasteiger charge is 2.43. The molecule has 3 aliphatic rings. The summed E-state index contributed by atoms with van der Waals surface area (Å²) in [5.74, 6) is 1.72. The molecule has 6 rings (SSSR count). The molecule has 1 N–H and O–H groups in total. The molecule has 0 radical (unpaired) electrons. The first kappa shape index (κ1) is 20.7. The van der Waals surface area contributed by atoms with E-state index in [0.29, 0.717) is 12.0 Å². The maximum absolute atomic E-state index is 6.10. The highest BCUT2D eigenvalue weighted by atomic mass is 16.5. The highest BCUT2D eigenvalue weighted by Crippen LogP contribution is 2.49. The minimum atomic E-state index is 0.164. The van der Waals surface area contributed by atoms with Crippen molar-refractivity contribution in [2.75, 3.05) is 31.1 Å². The van der Waals surface area contributed by atoms with Gasteiger partial charge in [0, 0.05) is 43.2 Å². The topological polar surface area (TPSA) is 50.3 Å². The number of rotatable bonds is 6. The predicted octanol–water partition coefficient (Wildman–Crippen LogP) is 4.63. The SMILES string of the molecule is Cc1ccc(C2(c3ccc(OCc4ccnc(N5CCC6(CNC6)C5)n4)cc3)CCC2)cc1. The van der Waals surface area contributed by atoms with E-state index in [4.69, 9.17) is 9.72 Å². The second-order valence-electron chi connectivity index (χ2n) is 10.2. The Morgan fingerprint density at radius 2 is 1.67 bits per heavy atom. The zero-order valence-corrected chi connectivity index (χ0v) is 19.4. The first-order valence-electron chi connectivity index (χ1n) is 12.2. The third kappa shape index (κ3) is 3.78. The molecule has 1 aromatic heterocycles. The van der Waals surface area contributed by atoms with Gasteiger partial charge in [-0.3, -0.25) is 0 Å². The first-order valence-corrected chi connectivity index (χ1v) is 12.2. The fraction of sp³-hybridized carbons (Fsp3) is 0.429. The average molecular weight is 441 g/mol. The normalized spacial score (nSPS) is 20.3. The van der Waals surface area contributed by atoms with Crippen LogP contribution in [0.4, 0.5) is 5.95 Å². The Kier molecular flexibility index (Phi) is 5.10. The maximum atomic E-state index is 6.10. The summed E-state index contributed by atoms with van der Waals surface area (Å²) in [6, 6.07) is 19.7. The summed E-state index contributed by atoms with van der Waals surface area (Å²) >= 11 is 0. The van der Waals surface area contributed by atoms with E-state index in [-0.39, 0.29) is 5.41 Å². The Labute approximate surface area is 196 Å². The van der Waals surface area contributed by atoms with Crippen molar-refractivity contribution in [3.63, 3.8) is 0 Å². The lowest BCUT2D eigenvalue weighted by Crippen LogP contribution is -2.54. The Bertz CT molecular complexity index is 1120. The van der Waals surface area contributed by atoms with Gasteiger partial charge in [-0.25, -0.2) is 9.97 Å². The van der Waals surface area contributed by atoms with Crippen molar-refractivity contribution in [1.29, 1.82) is 0 Å². The van der Waals surface area contributed by atoms with Gasteiger partial charge in [-0.15, -0.1) is 0 Å². The predicted molar refractivity (Wildman–Crippen MR) is 131 cm³/mol. The molecule has 1 spiro atoms. The van der Waals surface area contributed by atoms with Crippen LogP contribution in [0, 0.1) is 12.3 Å². The molecule has 1 saturated carbocycles. The van der Waals surface area contributed by atoms with Gasteiger partial charge in [0.1, 0.15) is 12.4 Å². The molecular weight excluding hydrogens is 408 g/mol. The van der Waals surface area contributed by atoms with E-state index < -0.39 is 0 Å². The number of aryl methyl sites for hydroxylation is 1. The van der Waals surface area contributed by atoms with Gasteiger partial charge in [-0.05, 0) is 55.5 Å². The van der Waals surface area contributed by atoms with Gasteiger partial charge in [-0.1, -0.05) is 48.4 Å². The van der Waals surface area contributed by atoms with Crippen LogP contribution in [0.1, 0.15) is 48.1 Å². The molecule has 3 heterocycles. The zero-order valence-electron chi connectivity index (χ0n) is 19.4. The van der Waals surface area contributed by atoms with Gasteiger partial charge >= 0.3 is 0 Å². The molecule has 2 saturated heterocycles. The molecule has 5 heteroatoms. The van der Waals surface area contributed by atoms with Crippen LogP contribution in [-0.2, 0) is 12.0 Å². The molecule has 3 aromatic rings. The van der Waals surface area contributed by atoms with Gasteiger partial charge in [0.2, 0.25) is 5.95 Å². The van der Waals surface area contributed by atoms with Gasteiger partial charge in [0.15, 0.2) is 0 Å².